The van der Waals surface area contributed by atoms with Gasteiger partial charge in [-0.1, -0.05) is 32.9 Å². The highest BCUT2D eigenvalue weighted by Crippen LogP contribution is 2.38. The topological polar surface area (TPSA) is 76.1 Å². The monoisotopic (exact) mass is 601 g/mol. The van der Waals surface area contributed by atoms with E-state index in [1.165, 1.54) is 11.6 Å². The Morgan fingerprint density at radius 1 is 0.977 bits per heavy atom. The molecule has 0 saturated carbocycles. The fourth-order valence-electron chi connectivity index (χ4n) is 5.64. The molecule has 1 aliphatic heterocycles. The van der Waals surface area contributed by atoms with Crippen molar-refractivity contribution in [2.75, 3.05) is 45.3 Å². The second kappa shape index (κ2) is 14.3. The number of nitrogens with one attached hydrogen (secondary N) is 1. The Kier molecular flexibility index (Phi) is 10.2. The van der Waals surface area contributed by atoms with E-state index in [9.17, 15) is 5.11 Å². The van der Waals surface area contributed by atoms with Crippen LogP contribution in [0.2, 0.25) is 0 Å². The zero-order chi connectivity index (χ0) is 31.1. The molecule has 5 rings (SSSR count). The van der Waals surface area contributed by atoms with Gasteiger partial charge < -0.3 is 29.5 Å². The predicted molar refractivity (Wildman–Crippen MR) is 174 cm³/mol. The third-order valence-corrected chi connectivity index (χ3v) is 8.31. The average molecular weight is 602 g/mol. The highest BCUT2D eigenvalue weighted by molar-refractivity contribution is 5.88. The Hall–Kier alpha value is -3.88. The van der Waals surface area contributed by atoms with Crippen molar-refractivity contribution in [2.45, 2.75) is 51.9 Å². The van der Waals surface area contributed by atoms with E-state index in [4.69, 9.17) is 14.2 Å². The van der Waals surface area contributed by atoms with Gasteiger partial charge in [-0.2, -0.15) is 0 Å². The van der Waals surface area contributed by atoms with Crippen LogP contribution < -0.4 is 19.5 Å². The van der Waals surface area contributed by atoms with Crippen molar-refractivity contribution in [3.8, 4) is 23.0 Å². The number of hydrogen-bond donors (Lipinski definition) is 2. The molecule has 1 aromatic heterocycles. The standard InChI is InChI=1S/C36H44FN3O4/c1-36(2,3)26-6-8-27(9-7-26)39-31-11-10-28(22-30(31)37)44-33-12-16-38-32-24-35(34(42-4)23-29(32)33)43-21-5-17-40-18-13-25(14-19-40)15-20-41/h6-12,16,22-25,39,41H,5,13-15,17-21H2,1-4H3. The number of ether oxygens (including phenoxy) is 3. The first-order valence-electron chi connectivity index (χ1n) is 15.5. The highest BCUT2D eigenvalue weighted by atomic mass is 19.1. The number of aliphatic hydroxyl groups excluding tert-OH is 1. The summed E-state index contributed by atoms with van der Waals surface area (Å²) < 4.78 is 33.0. The van der Waals surface area contributed by atoms with Gasteiger partial charge in [0, 0.05) is 42.6 Å². The third-order valence-electron chi connectivity index (χ3n) is 8.31. The lowest BCUT2D eigenvalue weighted by atomic mass is 9.87. The van der Waals surface area contributed by atoms with Crippen LogP contribution in [0.15, 0.2) is 66.9 Å². The zero-order valence-electron chi connectivity index (χ0n) is 26.2. The number of halogens is 1. The summed E-state index contributed by atoms with van der Waals surface area (Å²) in [6.45, 7) is 10.5. The van der Waals surface area contributed by atoms with Crippen LogP contribution in [0, 0.1) is 11.7 Å². The lowest BCUT2D eigenvalue weighted by Crippen LogP contribution is -2.35. The number of benzene rings is 3. The van der Waals surface area contributed by atoms with Crippen molar-refractivity contribution in [2.24, 2.45) is 5.92 Å². The maximum atomic E-state index is 15.1. The number of pyridine rings is 1. The quantitative estimate of drug-likeness (QED) is 0.159. The van der Waals surface area contributed by atoms with Gasteiger partial charge in [0.15, 0.2) is 11.5 Å². The Morgan fingerprint density at radius 3 is 2.43 bits per heavy atom. The number of hydrogen-bond acceptors (Lipinski definition) is 7. The Labute approximate surface area is 260 Å². The number of methoxy groups -OCH3 is 1. The molecule has 44 heavy (non-hydrogen) atoms. The van der Waals surface area contributed by atoms with E-state index in [1.807, 2.05) is 24.3 Å². The van der Waals surface area contributed by atoms with Crippen LogP contribution in [0.3, 0.4) is 0 Å². The Balaban J connectivity index is 1.21. The van der Waals surface area contributed by atoms with Gasteiger partial charge in [0.1, 0.15) is 17.3 Å². The molecule has 3 aromatic carbocycles. The van der Waals surface area contributed by atoms with E-state index in [0.717, 1.165) is 56.4 Å². The second-order valence-corrected chi connectivity index (χ2v) is 12.5. The van der Waals surface area contributed by atoms with Crippen molar-refractivity contribution in [3.05, 3.63) is 78.2 Å². The minimum absolute atomic E-state index is 0.0536. The van der Waals surface area contributed by atoms with E-state index in [2.05, 4.69) is 48.1 Å². The number of aliphatic hydroxyl groups is 1. The van der Waals surface area contributed by atoms with Crippen LogP contribution >= 0.6 is 0 Å². The summed E-state index contributed by atoms with van der Waals surface area (Å²) in [4.78, 5) is 6.99. The van der Waals surface area contributed by atoms with Crippen molar-refractivity contribution >= 4 is 22.3 Å². The van der Waals surface area contributed by atoms with Gasteiger partial charge in [-0.25, -0.2) is 4.39 Å². The maximum Gasteiger partial charge on any atom is 0.163 e. The lowest BCUT2D eigenvalue weighted by Gasteiger charge is -2.31. The molecule has 2 heterocycles. The van der Waals surface area contributed by atoms with E-state index >= 15 is 4.39 Å². The molecule has 1 saturated heterocycles. The third kappa shape index (κ3) is 7.98. The molecular weight excluding hydrogens is 557 g/mol. The zero-order valence-corrected chi connectivity index (χ0v) is 26.2. The van der Waals surface area contributed by atoms with Crippen LogP contribution in [-0.4, -0.2) is 54.9 Å². The summed E-state index contributed by atoms with van der Waals surface area (Å²) in [5.74, 6) is 2.37. The minimum atomic E-state index is -0.413. The summed E-state index contributed by atoms with van der Waals surface area (Å²) in [7, 11) is 1.61. The highest BCUT2D eigenvalue weighted by Gasteiger charge is 2.19. The first kappa shape index (κ1) is 31.5. The first-order chi connectivity index (χ1) is 21.2. The van der Waals surface area contributed by atoms with Gasteiger partial charge in [-0.05, 0) is 92.1 Å². The van der Waals surface area contributed by atoms with Gasteiger partial charge in [0.2, 0.25) is 0 Å². The van der Waals surface area contributed by atoms with Gasteiger partial charge in [0.05, 0.1) is 24.9 Å². The molecule has 0 spiro atoms. The molecule has 7 nitrogen and oxygen atoms in total. The summed E-state index contributed by atoms with van der Waals surface area (Å²) >= 11 is 0. The van der Waals surface area contributed by atoms with Gasteiger partial charge in [-0.15, -0.1) is 0 Å². The van der Waals surface area contributed by atoms with Crippen molar-refractivity contribution < 1.29 is 23.7 Å². The van der Waals surface area contributed by atoms with Crippen LogP contribution in [0.4, 0.5) is 15.8 Å². The van der Waals surface area contributed by atoms with Crippen LogP contribution in [0.5, 0.6) is 23.0 Å². The molecule has 8 heteroatoms. The van der Waals surface area contributed by atoms with Crippen molar-refractivity contribution in [1.29, 1.82) is 0 Å². The van der Waals surface area contributed by atoms with Crippen LogP contribution in [-0.2, 0) is 5.41 Å². The smallest absolute Gasteiger partial charge is 0.163 e. The summed E-state index contributed by atoms with van der Waals surface area (Å²) in [6.07, 6.45) is 5.78. The SMILES string of the molecule is COc1cc2c(Oc3ccc(Nc4ccc(C(C)(C)C)cc4)c(F)c3)ccnc2cc1OCCCN1CCC(CCO)CC1. The number of rotatable bonds is 12. The molecule has 0 aliphatic carbocycles. The van der Waals surface area contributed by atoms with Crippen LogP contribution in [0.1, 0.15) is 52.0 Å². The molecule has 0 bridgehead atoms. The number of nitrogens with zero attached hydrogens (tertiary/aromatic N) is 2. The van der Waals surface area contributed by atoms with E-state index < -0.39 is 5.82 Å². The summed E-state index contributed by atoms with van der Waals surface area (Å²) in [6, 6.07) is 18.3. The molecule has 0 atom stereocenters. The number of fused-ring (bicyclic) bond motifs is 1. The fourth-order valence-corrected chi connectivity index (χ4v) is 5.64. The normalized spacial score (nSPS) is 14.5. The second-order valence-electron chi connectivity index (χ2n) is 12.5. The molecule has 1 fully saturated rings. The molecule has 0 unspecified atom stereocenters. The van der Waals surface area contributed by atoms with Crippen molar-refractivity contribution in [3.63, 3.8) is 0 Å². The van der Waals surface area contributed by atoms with E-state index in [-0.39, 0.29) is 12.0 Å². The van der Waals surface area contributed by atoms with E-state index in [0.29, 0.717) is 46.7 Å². The van der Waals surface area contributed by atoms with Crippen LogP contribution in [0.25, 0.3) is 10.9 Å². The number of likely N-dealkylation sites (tertiary alicyclic amines) is 1. The van der Waals surface area contributed by atoms with Gasteiger partial charge in [0.25, 0.3) is 0 Å². The molecule has 0 amide bonds. The van der Waals surface area contributed by atoms with Crippen molar-refractivity contribution in [1.82, 2.24) is 9.88 Å². The Morgan fingerprint density at radius 2 is 1.75 bits per heavy atom. The largest absolute Gasteiger partial charge is 0.493 e. The van der Waals surface area contributed by atoms with Gasteiger partial charge in [-0.3, -0.25) is 4.98 Å². The maximum absolute atomic E-state index is 15.1. The van der Waals surface area contributed by atoms with Gasteiger partial charge >= 0.3 is 0 Å². The first-order valence-corrected chi connectivity index (χ1v) is 15.5. The minimum Gasteiger partial charge on any atom is -0.493 e. The molecule has 2 N–H and O–H groups in total. The lowest BCUT2D eigenvalue weighted by molar-refractivity contribution is 0.150. The molecule has 0 radical (unpaired) electrons. The molecule has 1 aliphatic rings. The molecule has 234 valence electrons. The molecule has 4 aromatic rings. The predicted octanol–water partition coefficient (Wildman–Crippen LogP) is 8.08. The van der Waals surface area contributed by atoms with E-state index in [1.54, 1.807) is 31.5 Å². The number of anilines is 2. The average Bonchev–Trinajstić information content (AvgIpc) is 3.01. The fraction of sp³-hybridized carbons (Fsp3) is 0.417. The number of piperidine rings is 1. The Bertz CT molecular complexity index is 1530. The summed E-state index contributed by atoms with van der Waals surface area (Å²) in [5, 5.41) is 13.1. The molecular formula is C36H44FN3O4. The number of aromatic nitrogens is 1. The summed E-state index contributed by atoms with van der Waals surface area (Å²) in [5.41, 5.74) is 3.15.